The molecule has 0 heterocycles. The molecule has 0 amide bonds. The number of hydrogen-bond acceptors (Lipinski definition) is 4. The quantitative estimate of drug-likeness (QED) is 0.495. The molecule has 4 heteroatoms. The monoisotopic (exact) mass is 356 g/mol. The zero-order valence-corrected chi connectivity index (χ0v) is 16.1. The summed E-state index contributed by atoms with van der Waals surface area (Å²) >= 11 is 0. The fourth-order valence-corrected chi connectivity index (χ4v) is 2.75. The SMILES string of the molecule is CCOC(=O)C(C)(C)c1ccc(-c2ccccc2COCCOC)cc1. The number of hydrogen-bond donors (Lipinski definition) is 0. The van der Waals surface area contributed by atoms with Crippen molar-refractivity contribution < 1.29 is 19.0 Å². The van der Waals surface area contributed by atoms with E-state index >= 15 is 0 Å². The van der Waals surface area contributed by atoms with Crippen LogP contribution < -0.4 is 0 Å². The summed E-state index contributed by atoms with van der Waals surface area (Å²) in [6, 6.07) is 16.3. The summed E-state index contributed by atoms with van der Waals surface area (Å²) in [7, 11) is 1.66. The normalized spacial score (nSPS) is 11.4. The topological polar surface area (TPSA) is 44.8 Å². The lowest BCUT2D eigenvalue weighted by Crippen LogP contribution is -2.31. The van der Waals surface area contributed by atoms with Crippen LogP contribution in [0.4, 0.5) is 0 Å². The van der Waals surface area contributed by atoms with Gasteiger partial charge < -0.3 is 14.2 Å². The predicted molar refractivity (Wildman–Crippen MR) is 103 cm³/mol. The first-order chi connectivity index (χ1) is 12.5. The maximum atomic E-state index is 12.2. The molecular formula is C22H28O4. The van der Waals surface area contributed by atoms with E-state index < -0.39 is 5.41 Å². The molecule has 4 nitrogen and oxygen atoms in total. The van der Waals surface area contributed by atoms with E-state index in [2.05, 4.69) is 12.1 Å². The van der Waals surface area contributed by atoms with E-state index in [1.807, 2.05) is 57.2 Å². The molecule has 2 aromatic rings. The summed E-state index contributed by atoms with van der Waals surface area (Å²) in [6.07, 6.45) is 0. The molecular weight excluding hydrogens is 328 g/mol. The van der Waals surface area contributed by atoms with Gasteiger partial charge >= 0.3 is 5.97 Å². The third kappa shape index (κ3) is 4.93. The zero-order chi connectivity index (χ0) is 19.0. The minimum absolute atomic E-state index is 0.209. The van der Waals surface area contributed by atoms with Crippen LogP contribution in [-0.2, 0) is 31.0 Å². The second kappa shape index (κ2) is 9.51. The standard InChI is InChI=1S/C22H28O4/c1-5-26-21(23)22(2,3)19-12-10-17(11-13-19)20-9-7-6-8-18(20)16-25-15-14-24-4/h6-13H,5,14-16H2,1-4H3. The molecule has 26 heavy (non-hydrogen) atoms. The van der Waals surface area contributed by atoms with Gasteiger partial charge in [-0.2, -0.15) is 0 Å². The second-order valence-corrected chi connectivity index (χ2v) is 6.63. The Labute approximate surface area is 156 Å². The Morgan fingerprint density at radius 2 is 1.69 bits per heavy atom. The number of esters is 1. The Kier molecular flexibility index (Phi) is 7.37. The minimum atomic E-state index is -0.669. The molecule has 0 N–H and O–H groups in total. The number of benzene rings is 2. The molecule has 0 radical (unpaired) electrons. The average molecular weight is 356 g/mol. The van der Waals surface area contributed by atoms with Crippen LogP contribution in [0.5, 0.6) is 0 Å². The Bertz CT molecular complexity index is 704. The molecule has 0 unspecified atom stereocenters. The first-order valence-electron chi connectivity index (χ1n) is 8.93. The highest BCUT2D eigenvalue weighted by molar-refractivity contribution is 5.82. The van der Waals surface area contributed by atoms with Crippen molar-refractivity contribution in [2.45, 2.75) is 32.8 Å². The van der Waals surface area contributed by atoms with Gasteiger partial charge in [0.1, 0.15) is 0 Å². The maximum absolute atomic E-state index is 12.2. The van der Waals surface area contributed by atoms with Crippen molar-refractivity contribution in [2.75, 3.05) is 26.9 Å². The van der Waals surface area contributed by atoms with E-state index in [1.54, 1.807) is 7.11 Å². The predicted octanol–water partition coefficient (Wildman–Crippen LogP) is 4.36. The largest absolute Gasteiger partial charge is 0.465 e. The van der Waals surface area contributed by atoms with Gasteiger partial charge in [-0.05, 0) is 43.0 Å². The number of ether oxygens (including phenoxy) is 3. The summed E-state index contributed by atoms with van der Waals surface area (Å²) in [5, 5.41) is 0. The van der Waals surface area contributed by atoms with Gasteiger partial charge in [0.15, 0.2) is 0 Å². The molecule has 0 aromatic heterocycles. The van der Waals surface area contributed by atoms with Gasteiger partial charge in [0, 0.05) is 7.11 Å². The molecule has 0 spiro atoms. The van der Waals surface area contributed by atoms with Crippen LogP contribution >= 0.6 is 0 Å². The summed E-state index contributed by atoms with van der Waals surface area (Å²) in [6.45, 7) is 7.67. The van der Waals surface area contributed by atoms with Crippen molar-refractivity contribution in [1.82, 2.24) is 0 Å². The third-order valence-corrected chi connectivity index (χ3v) is 4.41. The third-order valence-electron chi connectivity index (χ3n) is 4.41. The van der Waals surface area contributed by atoms with Gasteiger partial charge in [0.2, 0.25) is 0 Å². The van der Waals surface area contributed by atoms with E-state index in [-0.39, 0.29) is 5.97 Å². The Hall–Kier alpha value is -2.17. The highest BCUT2D eigenvalue weighted by Crippen LogP contribution is 2.29. The minimum Gasteiger partial charge on any atom is -0.465 e. The smallest absolute Gasteiger partial charge is 0.315 e. The summed E-state index contributed by atoms with van der Waals surface area (Å²) in [5.74, 6) is -0.209. The zero-order valence-electron chi connectivity index (χ0n) is 16.1. The lowest BCUT2D eigenvalue weighted by molar-refractivity contribution is -0.148. The lowest BCUT2D eigenvalue weighted by Gasteiger charge is -2.23. The molecule has 0 fully saturated rings. The van der Waals surface area contributed by atoms with Gasteiger partial charge in [-0.1, -0.05) is 48.5 Å². The molecule has 0 saturated carbocycles. The number of rotatable bonds is 9. The molecule has 0 atom stereocenters. The molecule has 0 aliphatic rings. The first-order valence-corrected chi connectivity index (χ1v) is 8.93. The number of methoxy groups -OCH3 is 1. The van der Waals surface area contributed by atoms with Crippen LogP contribution in [0.15, 0.2) is 48.5 Å². The van der Waals surface area contributed by atoms with Crippen LogP contribution in [0, 0.1) is 0 Å². The first kappa shape index (κ1) is 20.1. The summed E-state index contributed by atoms with van der Waals surface area (Å²) < 4.78 is 15.9. The van der Waals surface area contributed by atoms with Gasteiger partial charge in [-0.3, -0.25) is 4.79 Å². The van der Waals surface area contributed by atoms with E-state index in [0.29, 0.717) is 26.4 Å². The molecule has 0 aliphatic carbocycles. The number of carbonyl (C=O) groups excluding carboxylic acids is 1. The van der Waals surface area contributed by atoms with Crippen molar-refractivity contribution in [1.29, 1.82) is 0 Å². The van der Waals surface area contributed by atoms with Gasteiger partial charge in [0.05, 0.1) is 31.8 Å². The van der Waals surface area contributed by atoms with E-state index in [4.69, 9.17) is 14.2 Å². The van der Waals surface area contributed by atoms with Crippen LogP contribution in [0.2, 0.25) is 0 Å². The molecule has 0 bridgehead atoms. The molecule has 2 aromatic carbocycles. The van der Waals surface area contributed by atoms with Crippen molar-refractivity contribution >= 4 is 5.97 Å². The molecule has 0 aliphatic heterocycles. The van der Waals surface area contributed by atoms with Crippen LogP contribution in [-0.4, -0.2) is 32.9 Å². The fraction of sp³-hybridized carbons (Fsp3) is 0.409. The van der Waals surface area contributed by atoms with Gasteiger partial charge in [-0.25, -0.2) is 0 Å². The van der Waals surface area contributed by atoms with E-state index in [0.717, 1.165) is 22.3 Å². The Morgan fingerprint density at radius 1 is 1.00 bits per heavy atom. The Balaban J connectivity index is 2.19. The lowest BCUT2D eigenvalue weighted by atomic mass is 9.84. The van der Waals surface area contributed by atoms with Crippen molar-refractivity contribution in [2.24, 2.45) is 0 Å². The Morgan fingerprint density at radius 3 is 2.35 bits per heavy atom. The number of carbonyl (C=O) groups is 1. The fourth-order valence-electron chi connectivity index (χ4n) is 2.75. The van der Waals surface area contributed by atoms with Gasteiger partial charge in [-0.15, -0.1) is 0 Å². The molecule has 2 rings (SSSR count). The van der Waals surface area contributed by atoms with Crippen molar-refractivity contribution in [3.63, 3.8) is 0 Å². The van der Waals surface area contributed by atoms with Crippen LogP contribution in [0.3, 0.4) is 0 Å². The summed E-state index contributed by atoms with van der Waals surface area (Å²) in [4.78, 5) is 12.2. The highest BCUT2D eigenvalue weighted by atomic mass is 16.5. The average Bonchev–Trinajstić information content (AvgIpc) is 2.66. The van der Waals surface area contributed by atoms with Gasteiger partial charge in [0.25, 0.3) is 0 Å². The highest BCUT2D eigenvalue weighted by Gasteiger charge is 2.31. The maximum Gasteiger partial charge on any atom is 0.315 e. The van der Waals surface area contributed by atoms with E-state index in [1.165, 1.54) is 0 Å². The van der Waals surface area contributed by atoms with Crippen LogP contribution in [0.25, 0.3) is 11.1 Å². The second-order valence-electron chi connectivity index (χ2n) is 6.63. The van der Waals surface area contributed by atoms with Crippen LogP contribution in [0.1, 0.15) is 31.9 Å². The molecule has 140 valence electrons. The van der Waals surface area contributed by atoms with Crippen molar-refractivity contribution in [3.05, 3.63) is 59.7 Å². The van der Waals surface area contributed by atoms with Crippen molar-refractivity contribution in [3.8, 4) is 11.1 Å². The summed E-state index contributed by atoms with van der Waals surface area (Å²) in [5.41, 5.74) is 3.62. The molecule has 0 saturated heterocycles. The van der Waals surface area contributed by atoms with E-state index in [9.17, 15) is 4.79 Å².